The fraction of sp³-hybridized carbons (Fsp3) is 0.733. The van der Waals surface area contributed by atoms with Gasteiger partial charge in [-0.1, -0.05) is 19.9 Å². The van der Waals surface area contributed by atoms with E-state index in [2.05, 4.69) is 31.4 Å². The van der Waals surface area contributed by atoms with Crippen LogP contribution in [0.4, 0.5) is 0 Å². The molecule has 0 bridgehead atoms. The minimum absolute atomic E-state index is 0.0911. The standard InChI is InChI=1S/C15H25NOS/c1-3-13(16)15(14-5-4-10-18-14)17-12-8-6-11(2)7-9-12/h4-5,10-13,15H,3,6-9,16H2,1-2H3. The highest BCUT2D eigenvalue weighted by molar-refractivity contribution is 7.10. The third kappa shape index (κ3) is 3.56. The number of hydrogen-bond acceptors (Lipinski definition) is 3. The van der Waals surface area contributed by atoms with E-state index in [1.807, 2.05) is 0 Å². The number of thiophene rings is 1. The summed E-state index contributed by atoms with van der Waals surface area (Å²) in [5.74, 6) is 0.866. The lowest BCUT2D eigenvalue weighted by Gasteiger charge is -2.32. The van der Waals surface area contributed by atoms with Crippen molar-refractivity contribution in [2.75, 3.05) is 0 Å². The number of nitrogens with two attached hydrogens (primary N) is 1. The van der Waals surface area contributed by atoms with Gasteiger partial charge in [0.15, 0.2) is 0 Å². The van der Waals surface area contributed by atoms with Gasteiger partial charge >= 0.3 is 0 Å². The molecule has 1 aliphatic rings. The van der Waals surface area contributed by atoms with Crippen molar-refractivity contribution < 1.29 is 4.74 Å². The summed E-state index contributed by atoms with van der Waals surface area (Å²) in [5, 5.41) is 2.11. The summed E-state index contributed by atoms with van der Waals surface area (Å²) in [7, 11) is 0. The van der Waals surface area contributed by atoms with Crippen LogP contribution in [0.5, 0.6) is 0 Å². The highest BCUT2D eigenvalue weighted by Crippen LogP contribution is 2.33. The molecule has 0 aromatic carbocycles. The van der Waals surface area contributed by atoms with Gasteiger partial charge in [-0.2, -0.15) is 0 Å². The van der Waals surface area contributed by atoms with Gasteiger partial charge in [0.2, 0.25) is 0 Å². The van der Waals surface area contributed by atoms with E-state index in [4.69, 9.17) is 10.5 Å². The first-order valence-corrected chi connectivity index (χ1v) is 8.03. The molecule has 1 aromatic rings. The van der Waals surface area contributed by atoms with E-state index in [1.165, 1.54) is 30.6 Å². The molecular formula is C15H25NOS. The lowest BCUT2D eigenvalue weighted by Crippen LogP contribution is -2.33. The minimum atomic E-state index is 0.0911. The Kier molecular flexibility index (Phi) is 5.22. The van der Waals surface area contributed by atoms with Crippen molar-refractivity contribution in [3.63, 3.8) is 0 Å². The second-order valence-corrected chi connectivity index (χ2v) is 6.51. The lowest BCUT2D eigenvalue weighted by molar-refractivity contribution is -0.0471. The van der Waals surface area contributed by atoms with Crippen molar-refractivity contribution in [2.24, 2.45) is 11.7 Å². The number of hydrogen-bond donors (Lipinski definition) is 1. The normalized spacial score (nSPS) is 27.9. The van der Waals surface area contributed by atoms with Crippen LogP contribution in [0.25, 0.3) is 0 Å². The van der Waals surface area contributed by atoms with Crippen LogP contribution >= 0.6 is 11.3 Å². The van der Waals surface area contributed by atoms with E-state index in [-0.39, 0.29) is 12.1 Å². The topological polar surface area (TPSA) is 35.2 Å². The van der Waals surface area contributed by atoms with Crippen molar-refractivity contribution >= 4 is 11.3 Å². The molecule has 1 heterocycles. The zero-order valence-corrected chi connectivity index (χ0v) is 12.3. The third-order valence-corrected chi connectivity index (χ3v) is 4.92. The molecule has 2 unspecified atom stereocenters. The minimum Gasteiger partial charge on any atom is -0.368 e. The maximum Gasteiger partial charge on any atom is 0.107 e. The fourth-order valence-electron chi connectivity index (χ4n) is 2.62. The maximum atomic E-state index is 6.32. The molecule has 2 N–H and O–H groups in total. The first-order valence-electron chi connectivity index (χ1n) is 7.15. The summed E-state index contributed by atoms with van der Waals surface area (Å²) in [6, 6.07) is 4.35. The smallest absolute Gasteiger partial charge is 0.107 e. The van der Waals surface area contributed by atoms with Crippen LogP contribution in [0.2, 0.25) is 0 Å². The maximum absolute atomic E-state index is 6.32. The van der Waals surface area contributed by atoms with Gasteiger partial charge in [0.25, 0.3) is 0 Å². The Morgan fingerprint density at radius 3 is 2.67 bits per heavy atom. The third-order valence-electron chi connectivity index (χ3n) is 3.99. The number of rotatable bonds is 5. The average molecular weight is 267 g/mol. The van der Waals surface area contributed by atoms with E-state index < -0.39 is 0 Å². The van der Waals surface area contributed by atoms with Crippen LogP contribution in [-0.4, -0.2) is 12.1 Å². The molecule has 2 rings (SSSR count). The molecule has 0 spiro atoms. The first kappa shape index (κ1) is 14.0. The van der Waals surface area contributed by atoms with Gasteiger partial charge in [-0.25, -0.2) is 0 Å². The monoisotopic (exact) mass is 267 g/mol. The molecule has 0 aliphatic heterocycles. The summed E-state index contributed by atoms with van der Waals surface area (Å²) in [5.41, 5.74) is 6.23. The summed E-state index contributed by atoms with van der Waals surface area (Å²) in [4.78, 5) is 1.28. The van der Waals surface area contributed by atoms with Gasteiger partial charge in [-0.05, 0) is 49.5 Å². The van der Waals surface area contributed by atoms with E-state index in [0.717, 1.165) is 12.3 Å². The van der Waals surface area contributed by atoms with E-state index >= 15 is 0 Å². The summed E-state index contributed by atoms with van der Waals surface area (Å²) < 4.78 is 6.32. The zero-order chi connectivity index (χ0) is 13.0. The molecule has 0 radical (unpaired) electrons. The Hall–Kier alpha value is -0.380. The molecule has 1 fully saturated rings. The predicted molar refractivity (Wildman–Crippen MR) is 77.8 cm³/mol. The second kappa shape index (κ2) is 6.69. The zero-order valence-electron chi connectivity index (χ0n) is 11.5. The van der Waals surface area contributed by atoms with Crippen LogP contribution in [0.1, 0.15) is 56.9 Å². The van der Waals surface area contributed by atoms with Gasteiger partial charge in [0, 0.05) is 10.9 Å². The Labute approximate surface area is 115 Å². The number of ether oxygens (including phenoxy) is 1. The van der Waals surface area contributed by atoms with Crippen molar-refractivity contribution in [3.05, 3.63) is 22.4 Å². The largest absolute Gasteiger partial charge is 0.368 e. The van der Waals surface area contributed by atoms with Crippen LogP contribution in [0.15, 0.2) is 17.5 Å². The summed E-state index contributed by atoms with van der Waals surface area (Å²) >= 11 is 1.76. The van der Waals surface area contributed by atoms with Crippen molar-refractivity contribution in [1.29, 1.82) is 0 Å². The van der Waals surface area contributed by atoms with Gasteiger partial charge in [0.05, 0.1) is 6.10 Å². The summed E-state index contributed by atoms with van der Waals surface area (Å²) in [6.45, 7) is 4.47. The molecule has 1 aliphatic carbocycles. The molecule has 1 saturated carbocycles. The Bertz CT molecular complexity index is 330. The van der Waals surface area contributed by atoms with Gasteiger partial charge in [-0.3, -0.25) is 0 Å². The molecule has 0 saturated heterocycles. The van der Waals surface area contributed by atoms with E-state index in [0.29, 0.717) is 6.10 Å². The quantitative estimate of drug-likeness (QED) is 0.871. The van der Waals surface area contributed by atoms with Gasteiger partial charge in [0.1, 0.15) is 6.10 Å². The SMILES string of the molecule is CCC(N)C(OC1CCC(C)CC1)c1cccs1. The molecule has 102 valence electrons. The first-order chi connectivity index (χ1) is 8.70. The average Bonchev–Trinajstić information content (AvgIpc) is 2.91. The van der Waals surface area contributed by atoms with Crippen LogP contribution in [0, 0.1) is 5.92 Å². The molecule has 2 nitrogen and oxygen atoms in total. The highest BCUT2D eigenvalue weighted by Gasteiger charge is 2.26. The lowest BCUT2D eigenvalue weighted by atomic mass is 9.88. The summed E-state index contributed by atoms with van der Waals surface area (Å²) in [6.07, 6.45) is 6.44. The Morgan fingerprint density at radius 2 is 2.11 bits per heavy atom. The molecule has 3 heteroatoms. The van der Waals surface area contributed by atoms with Crippen LogP contribution in [0.3, 0.4) is 0 Å². The molecule has 0 amide bonds. The predicted octanol–water partition coefficient (Wildman–Crippen LogP) is 4.12. The van der Waals surface area contributed by atoms with Crippen LogP contribution < -0.4 is 5.73 Å². The molecular weight excluding hydrogens is 242 g/mol. The molecule has 18 heavy (non-hydrogen) atoms. The Morgan fingerprint density at radius 1 is 1.39 bits per heavy atom. The van der Waals surface area contributed by atoms with Crippen molar-refractivity contribution in [2.45, 2.75) is 64.2 Å². The van der Waals surface area contributed by atoms with E-state index in [9.17, 15) is 0 Å². The van der Waals surface area contributed by atoms with Gasteiger partial charge in [-0.15, -0.1) is 11.3 Å². The van der Waals surface area contributed by atoms with Crippen LogP contribution in [-0.2, 0) is 4.74 Å². The second-order valence-electron chi connectivity index (χ2n) is 5.53. The Balaban J connectivity index is 1.97. The highest BCUT2D eigenvalue weighted by atomic mass is 32.1. The fourth-order valence-corrected chi connectivity index (χ4v) is 3.45. The molecule has 1 aromatic heterocycles. The van der Waals surface area contributed by atoms with E-state index in [1.54, 1.807) is 11.3 Å². The molecule has 2 atom stereocenters. The van der Waals surface area contributed by atoms with Crippen molar-refractivity contribution in [3.8, 4) is 0 Å². The van der Waals surface area contributed by atoms with Crippen molar-refractivity contribution in [1.82, 2.24) is 0 Å². The van der Waals surface area contributed by atoms with Gasteiger partial charge < -0.3 is 10.5 Å².